The second-order valence-electron chi connectivity index (χ2n) is 6.03. The molecule has 2 fully saturated rings. The summed E-state index contributed by atoms with van der Waals surface area (Å²) in [5.41, 5.74) is 8.59. The number of nitrogens with two attached hydrogens (primary N) is 1. The third-order valence-electron chi connectivity index (χ3n) is 4.53. The first-order valence-corrected chi connectivity index (χ1v) is 7.43. The molecule has 2 aliphatic rings. The van der Waals surface area contributed by atoms with E-state index in [1.807, 2.05) is 0 Å². The van der Waals surface area contributed by atoms with Crippen LogP contribution in [0.2, 0.25) is 0 Å². The van der Waals surface area contributed by atoms with Gasteiger partial charge in [0.15, 0.2) is 0 Å². The normalized spacial score (nSPS) is 28.7. The van der Waals surface area contributed by atoms with Crippen molar-refractivity contribution in [2.45, 2.75) is 62.9 Å². The Labute approximate surface area is 110 Å². The first-order chi connectivity index (χ1) is 8.81. The van der Waals surface area contributed by atoms with Crippen LogP contribution in [0.3, 0.4) is 0 Å². The van der Waals surface area contributed by atoms with E-state index < -0.39 is 0 Å². The molecule has 0 radical (unpaired) electrons. The van der Waals surface area contributed by atoms with Gasteiger partial charge in [0.2, 0.25) is 0 Å². The van der Waals surface area contributed by atoms with Crippen LogP contribution in [-0.2, 0) is 0 Å². The first kappa shape index (κ1) is 12.0. The van der Waals surface area contributed by atoms with Crippen LogP contribution in [0.4, 0.5) is 5.69 Å². The Balaban J connectivity index is 1.58. The molecule has 0 amide bonds. The number of hydrogen-bond acceptors (Lipinski definition) is 2. The molecule has 1 aromatic rings. The van der Waals surface area contributed by atoms with E-state index in [9.17, 15) is 0 Å². The predicted molar refractivity (Wildman–Crippen MR) is 76.9 cm³/mol. The van der Waals surface area contributed by atoms with Crippen LogP contribution in [0.5, 0.6) is 0 Å². The van der Waals surface area contributed by atoms with E-state index in [-0.39, 0.29) is 0 Å². The van der Waals surface area contributed by atoms with Crippen molar-refractivity contribution in [1.82, 2.24) is 0 Å². The van der Waals surface area contributed by atoms with Crippen molar-refractivity contribution >= 4 is 5.69 Å². The second-order valence-corrected chi connectivity index (χ2v) is 6.03. The third kappa shape index (κ3) is 2.69. The lowest BCUT2D eigenvalue weighted by molar-refractivity contribution is 0.373. The molecule has 0 unspecified atom stereocenters. The summed E-state index contributed by atoms with van der Waals surface area (Å²) in [4.78, 5) is 0. The summed E-state index contributed by atoms with van der Waals surface area (Å²) in [6.45, 7) is 0. The Morgan fingerprint density at radius 2 is 1.61 bits per heavy atom. The van der Waals surface area contributed by atoms with Gasteiger partial charge in [0.1, 0.15) is 0 Å². The first-order valence-electron chi connectivity index (χ1n) is 7.43. The summed E-state index contributed by atoms with van der Waals surface area (Å²) in [6.07, 6.45) is 9.23. The van der Waals surface area contributed by atoms with Crippen molar-refractivity contribution in [3.63, 3.8) is 0 Å². The van der Waals surface area contributed by atoms with E-state index in [2.05, 4.69) is 29.6 Å². The SMILES string of the molecule is NC1CC(Nc2ccc(C3CCCCC3)cc2)C1. The molecule has 0 aromatic heterocycles. The van der Waals surface area contributed by atoms with Gasteiger partial charge in [-0.3, -0.25) is 0 Å². The summed E-state index contributed by atoms with van der Waals surface area (Å²) >= 11 is 0. The van der Waals surface area contributed by atoms with E-state index in [0.29, 0.717) is 12.1 Å². The average molecular weight is 244 g/mol. The van der Waals surface area contributed by atoms with E-state index in [1.54, 1.807) is 0 Å². The van der Waals surface area contributed by atoms with Gasteiger partial charge >= 0.3 is 0 Å². The van der Waals surface area contributed by atoms with Crippen LogP contribution in [0.15, 0.2) is 24.3 Å². The van der Waals surface area contributed by atoms with Crippen molar-refractivity contribution in [3.05, 3.63) is 29.8 Å². The van der Waals surface area contributed by atoms with E-state index in [0.717, 1.165) is 18.8 Å². The van der Waals surface area contributed by atoms with Crippen molar-refractivity contribution in [2.24, 2.45) is 5.73 Å². The molecule has 0 heterocycles. The lowest BCUT2D eigenvalue weighted by atomic mass is 9.84. The highest BCUT2D eigenvalue weighted by Crippen LogP contribution is 2.33. The summed E-state index contributed by atoms with van der Waals surface area (Å²) in [7, 11) is 0. The Hall–Kier alpha value is -1.02. The molecule has 0 atom stereocenters. The van der Waals surface area contributed by atoms with Crippen LogP contribution < -0.4 is 11.1 Å². The summed E-state index contributed by atoms with van der Waals surface area (Å²) < 4.78 is 0. The van der Waals surface area contributed by atoms with Gasteiger partial charge in [-0.25, -0.2) is 0 Å². The quantitative estimate of drug-likeness (QED) is 0.852. The molecule has 0 spiro atoms. The van der Waals surface area contributed by atoms with Gasteiger partial charge in [-0.2, -0.15) is 0 Å². The van der Waals surface area contributed by atoms with Crippen molar-refractivity contribution in [2.75, 3.05) is 5.32 Å². The Bertz CT molecular complexity index is 373. The molecule has 0 bridgehead atoms. The molecule has 2 aliphatic carbocycles. The summed E-state index contributed by atoms with van der Waals surface area (Å²) in [6, 6.07) is 10.1. The lowest BCUT2D eigenvalue weighted by Crippen LogP contribution is -2.44. The third-order valence-corrected chi connectivity index (χ3v) is 4.53. The Kier molecular flexibility index (Phi) is 3.55. The highest BCUT2D eigenvalue weighted by Gasteiger charge is 2.25. The van der Waals surface area contributed by atoms with Gasteiger partial charge in [0.05, 0.1) is 0 Å². The zero-order chi connectivity index (χ0) is 12.4. The molecular weight excluding hydrogens is 220 g/mol. The monoisotopic (exact) mass is 244 g/mol. The van der Waals surface area contributed by atoms with Crippen molar-refractivity contribution in [1.29, 1.82) is 0 Å². The van der Waals surface area contributed by atoms with Gasteiger partial charge in [0.25, 0.3) is 0 Å². The predicted octanol–water partition coefficient (Wildman–Crippen LogP) is 3.64. The standard InChI is InChI=1S/C16H24N2/c17-14-10-16(11-14)18-15-8-6-13(7-9-15)12-4-2-1-3-5-12/h6-9,12,14,16,18H,1-5,10-11,17H2. The van der Waals surface area contributed by atoms with E-state index in [4.69, 9.17) is 5.73 Å². The number of benzene rings is 1. The zero-order valence-electron chi connectivity index (χ0n) is 11.1. The number of anilines is 1. The summed E-state index contributed by atoms with van der Waals surface area (Å²) in [5, 5.41) is 3.56. The largest absolute Gasteiger partial charge is 0.382 e. The molecule has 3 rings (SSSR count). The molecule has 2 saturated carbocycles. The molecule has 0 saturated heterocycles. The van der Waals surface area contributed by atoms with Gasteiger partial charge in [0, 0.05) is 17.8 Å². The maximum absolute atomic E-state index is 5.80. The van der Waals surface area contributed by atoms with Gasteiger partial charge in [-0.1, -0.05) is 31.4 Å². The molecule has 0 aliphatic heterocycles. The number of rotatable bonds is 3. The fraction of sp³-hybridized carbons (Fsp3) is 0.625. The molecular formula is C16H24N2. The van der Waals surface area contributed by atoms with E-state index in [1.165, 1.54) is 43.4 Å². The van der Waals surface area contributed by atoms with Crippen LogP contribution in [0, 0.1) is 0 Å². The molecule has 18 heavy (non-hydrogen) atoms. The molecule has 2 heteroatoms. The second kappa shape index (κ2) is 5.31. The fourth-order valence-corrected chi connectivity index (χ4v) is 3.30. The number of hydrogen-bond donors (Lipinski definition) is 2. The topological polar surface area (TPSA) is 38.0 Å². The Morgan fingerprint density at radius 3 is 2.22 bits per heavy atom. The van der Waals surface area contributed by atoms with Crippen LogP contribution in [0.1, 0.15) is 56.4 Å². The minimum atomic E-state index is 0.420. The van der Waals surface area contributed by atoms with Gasteiger partial charge < -0.3 is 11.1 Å². The van der Waals surface area contributed by atoms with Crippen LogP contribution in [-0.4, -0.2) is 12.1 Å². The van der Waals surface area contributed by atoms with Crippen LogP contribution >= 0.6 is 0 Å². The highest BCUT2D eigenvalue weighted by molar-refractivity contribution is 5.46. The van der Waals surface area contributed by atoms with Gasteiger partial charge in [-0.05, 0) is 49.3 Å². The highest BCUT2D eigenvalue weighted by atomic mass is 15.0. The fourth-order valence-electron chi connectivity index (χ4n) is 3.30. The smallest absolute Gasteiger partial charge is 0.0342 e. The summed E-state index contributed by atoms with van der Waals surface area (Å²) in [5.74, 6) is 0.810. The van der Waals surface area contributed by atoms with Gasteiger partial charge in [-0.15, -0.1) is 0 Å². The molecule has 3 N–H and O–H groups in total. The lowest BCUT2D eigenvalue weighted by Gasteiger charge is -2.34. The molecule has 98 valence electrons. The maximum atomic E-state index is 5.80. The minimum absolute atomic E-state index is 0.420. The zero-order valence-corrected chi connectivity index (χ0v) is 11.1. The molecule has 1 aromatic carbocycles. The van der Waals surface area contributed by atoms with E-state index >= 15 is 0 Å². The average Bonchev–Trinajstić information content (AvgIpc) is 2.39. The van der Waals surface area contributed by atoms with Crippen molar-refractivity contribution < 1.29 is 0 Å². The minimum Gasteiger partial charge on any atom is -0.382 e. The van der Waals surface area contributed by atoms with Crippen LogP contribution in [0.25, 0.3) is 0 Å². The maximum Gasteiger partial charge on any atom is 0.0342 e. The number of nitrogens with one attached hydrogen (secondary N) is 1. The Morgan fingerprint density at radius 1 is 0.944 bits per heavy atom. The van der Waals surface area contributed by atoms with Crippen molar-refractivity contribution in [3.8, 4) is 0 Å². The molecule has 2 nitrogen and oxygen atoms in total.